The zero-order chi connectivity index (χ0) is 25.4. The van der Waals surface area contributed by atoms with E-state index in [-0.39, 0.29) is 23.9 Å². The molecule has 1 heterocycles. The first-order chi connectivity index (χ1) is 16.9. The van der Waals surface area contributed by atoms with Crippen LogP contribution in [-0.4, -0.2) is 63.5 Å². The Morgan fingerprint density at radius 3 is 2.17 bits per heavy atom. The first kappa shape index (κ1) is 25.7. The molecule has 3 amide bonds. The molecular weight excluding hydrogens is 472 g/mol. The predicted octanol–water partition coefficient (Wildman–Crippen LogP) is 3.59. The number of nitrogens with one attached hydrogen (secondary N) is 1. The molecule has 9 nitrogen and oxygen atoms in total. The van der Waals surface area contributed by atoms with Crippen molar-refractivity contribution in [2.24, 2.45) is 0 Å². The van der Waals surface area contributed by atoms with Gasteiger partial charge in [0, 0.05) is 19.2 Å². The van der Waals surface area contributed by atoms with Gasteiger partial charge in [0.15, 0.2) is 11.5 Å². The number of carbonyl (C=O) groups excluding carboxylic acids is 3. The lowest BCUT2D eigenvalue weighted by Gasteiger charge is -2.13. The summed E-state index contributed by atoms with van der Waals surface area (Å²) in [7, 11) is 6.07. The lowest BCUT2D eigenvalue weighted by molar-refractivity contribution is -0.123. The lowest BCUT2D eigenvalue weighted by atomic mass is 10.1. The van der Waals surface area contributed by atoms with Crippen LogP contribution in [0.5, 0.6) is 23.0 Å². The molecule has 2 aromatic rings. The SMILES string of the molecule is COc1ccc(/C=C/C(=O)NCCN2C(=O)S/C(=C\c3cc(OC)c(OC)c(OC)c3)C2=O)cc1. The van der Waals surface area contributed by atoms with E-state index in [0.717, 1.165) is 28.0 Å². The molecule has 0 unspecified atom stereocenters. The maximum atomic E-state index is 12.8. The number of nitrogens with zero attached hydrogens (tertiary/aromatic N) is 1. The largest absolute Gasteiger partial charge is 0.497 e. The molecule has 0 saturated carbocycles. The average Bonchev–Trinajstić information content (AvgIpc) is 3.14. The zero-order valence-corrected chi connectivity index (χ0v) is 20.6. The van der Waals surface area contributed by atoms with E-state index in [0.29, 0.717) is 22.8 Å². The number of benzene rings is 2. The van der Waals surface area contributed by atoms with Gasteiger partial charge in [-0.15, -0.1) is 0 Å². The second-order valence-corrected chi connectivity index (χ2v) is 8.18. The molecule has 1 N–H and O–H groups in total. The van der Waals surface area contributed by atoms with Gasteiger partial charge in [0.25, 0.3) is 11.1 Å². The minimum atomic E-state index is -0.434. The lowest BCUT2D eigenvalue weighted by Crippen LogP contribution is -2.36. The Morgan fingerprint density at radius 2 is 1.60 bits per heavy atom. The molecule has 1 saturated heterocycles. The summed E-state index contributed by atoms with van der Waals surface area (Å²) in [4.78, 5) is 38.6. The molecule has 184 valence electrons. The molecule has 0 aliphatic carbocycles. The summed E-state index contributed by atoms with van der Waals surface area (Å²) >= 11 is 0.832. The fourth-order valence-electron chi connectivity index (χ4n) is 3.27. The Hall–Kier alpha value is -3.92. The standard InChI is InChI=1S/C25H26N2O7S/c1-31-18-8-5-16(6-9-18)7-10-22(28)26-11-12-27-24(29)21(35-25(27)30)15-17-13-19(32-2)23(34-4)20(14-17)33-3/h5-10,13-15H,11-12H2,1-4H3,(H,26,28)/b10-7+,21-15-. The maximum Gasteiger partial charge on any atom is 0.293 e. The van der Waals surface area contributed by atoms with Gasteiger partial charge < -0.3 is 24.3 Å². The van der Waals surface area contributed by atoms with E-state index < -0.39 is 11.1 Å². The van der Waals surface area contributed by atoms with Crippen molar-refractivity contribution in [3.8, 4) is 23.0 Å². The van der Waals surface area contributed by atoms with Crippen LogP contribution < -0.4 is 24.3 Å². The number of hydrogen-bond donors (Lipinski definition) is 1. The number of ether oxygens (including phenoxy) is 4. The van der Waals surface area contributed by atoms with Crippen molar-refractivity contribution in [1.29, 1.82) is 0 Å². The zero-order valence-electron chi connectivity index (χ0n) is 19.8. The molecule has 10 heteroatoms. The minimum absolute atomic E-state index is 0.0549. The van der Waals surface area contributed by atoms with E-state index in [1.165, 1.54) is 27.4 Å². The molecular formula is C25H26N2O7S. The van der Waals surface area contributed by atoms with Crippen molar-refractivity contribution >= 4 is 41.0 Å². The van der Waals surface area contributed by atoms with Crippen LogP contribution in [0.15, 0.2) is 47.4 Å². The number of rotatable bonds is 10. The Balaban J connectivity index is 1.60. The summed E-state index contributed by atoms with van der Waals surface area (Å²) in [5, 5.41) is 2.27. The second kappa shape index (κ2) is 12.0. The highest BCUT2D eigenvalue weighted by Crippen LogP contribution is 2.40. The minimum Gasteiger partial charge on any atom is -0.497 e. The van der Waals surface area contributed by atoms with E-state index >= 15 is 0 Å². The molecule has 0 atom stereocenters. The van der Waals surface area contributed by atoms with Crippen molar-refractivity contribution in [3.63, 3.8) is 0 Å². The van der Waals surface area contributed by atoms with Crippen LogP contribution in [0.25, 0.3) is 12.2 Å². The molecule has 1 aliphatic rings. The van der Waals surface area contributed by atoms with Crippen LogP contribution in [0, 0.1) is 0 Å². The van der Waals surface area contributed by atoms with E-state index in [4.69, 9.17) is 18.9 Å². The quantitative estimate of drug-likeness (QED) is 0.496. The van der Waals surface area contributed by atoms with Crippen molar-refractivity contribution in [2.45, 2.75) is 0 Å². The van der Waals surface area contributed by atoms with Crippen molar-refractivity contribution in [3.05, 3.63) is 58.5 Å². The smallest absolute Gasteiger partial charge is 0.293 e. The summed E-state index contributed by atoms with van der Waals surface area (Å²) < 4.78 is 21.1. The molecule has 35 heavy (non-hydrogen) atoms. The number of methoxy groups -OCH3 is 4. The van der Waals surface area contributed by atoms with Gasteiger partial charge in [-0.1, -0.05) is 12.1 Å². The Kier molecular flexibility index (Phi) is 8.80. The predicted molar refractivity (Wildman–Crippen MR) is 134 cm³/mol. The average molecular weight is 499 g/mol. The van der Waals surface area contributed by atoms with E-state index in [1.807, 2.05) is 12.1 Å². The monoisotopic (exact) mass is 498 g/mol. The fourth-order valence-corrected chi connectivity index (χ4v) is 4.13. The summed E-state index contributed by atoms with van der Waals surface area (Å²) in [5.41, 5.74) is 1.45. The first-order valence-corrected chi connectivity index (χ1v) is 11.4. The highest BCUT2D eigenvalue weighted by molar-refractivity contribution is 8.18. The van der Waals surface area contributed by atoms with Crippen LogP contribution >= 0.6 is 11.8 Å². The second-order valence-electron chi connectivity index (χ2n) is 7.19. The molecule has 0 bridgehead atoms. The van der Waals surface area contributed by atoms with E-state index in [1.54, 1.807) is 43.5 Å². The summed E-state index contributed by atoms with van der Waals surface area (Å²) in [5.74, 6) is 1.25. The normalized spacial score (nSPS) is 14.5. The summed E-state index contributed by atoms with van der Waals surface area (Å²) in [6.07, 6.45) is 4.64. The van der Waals surface area contributed by atoms with Crippen molar-refractivity contribution in [2.75, 3.05) is 41.5 Å². The van der Waals surface area contributed by atoms with Gasteiger partial charge in [-0.3, -0.25) is 19.3 Å². The van der Waals surface area contributed by atoms with Gasteiger partial charge in [0.05, 0.1) is 33.3 Å². The number of thioether (sulfide) groups is 1. The summed E-state index contributed by atoms with van der Waals surface area (Å²) in [6, 6.07) is 10.6. The summed E-state index contributed by atoms with van der Waals surface area (Å²) in [6.45, 7) is 0.181. The number of amides is 3. The Bertz CT molecular complexity index is 1130. The van der Waals surface area contributed by atoms with E-state index in [9.17, 15) is 14.4 Å². The Labute approximate surface area is 207 Å². The van der Waals surface area contributed by atoms with Gasteiger partial charge in [-0.05, 0) is 59.3 Å². The molecule has 0 radical (unpaired) electrons. The van der Waals surface area contributed by atoms with Crippen LogP contribution in [0.2, 0.25) is 0 Å². The van der Waals surface area contributed by atoms with E-state index in [2.05, 4.69) is 5.32 Å². The van der Waals surface area contributed by atoms with Gasteiger partial charge in [-0.25, -0.2) is 0 Å². The third-order valence-electron chi connectivity index (χ3n) is 5.04. The number of hydrogen-bond acceptors (Lipinski definition) is 8. The topological polar surface area (TPSA) is 103 Å². The van der Waals surface area contributed by atoms with Crippen LogP contribution in [0.4, 0.5) is 4.79 Å². The Morgan fingerprint density at radius 1 is 0.943 bits per heavy atom. The highest BCUT2D eigenvalue weighted by Gasteiger charge is 2.34. The molecule has 0 spiro atoms. The highest BCUT2D eigenvalue weighted by atomic mass is 32.2. The van der Waals surface area contributed by atoms with Crippen LogP contribution in [-0.2, 0) is 9.59 Å². The van der Waals surface area contributed by atoms with Crippen LogP contribution in [0.3, 0.4) is 0 Å². The molecule has 1 aliphatic heterocycles. The number of imide groups is 1. The van der Waals surface area contributed by atoms with Gasteiger partial charge >= 0.3 is 0 Å². The third-order valence-corrected chi connectivity index (χ3v) is 5.94. The maximum absolute atomic E-state index is 12.8. The van der Waals surface area contributed by atoms with Gasteiger partial charge in [-0.2, -0.15) is 0 Å². The number of carbonyl (C=O) groups is 3. The molecule has 0 aromatic heterocycles. The van der Waals surface area contributed by atoms with Gasteiger partial charge in [0.2, 0.25) is 11.7 Å². The van der Waals surface area contributed by atoms with Crippen molar-refractivity contribution < 1.29 is 33.3 Å². The van der Waals surface area contributed by atoms with Crippen molar-refractivity contribution in [1.82, 2.24) is 10.2 Å². The van der Waals surface area contributed by atoms with Crippen LogP contribution in [0.1, 0.15) is 11.1 Å². The molecule has 3 rings (SSSR count). The molecule has 1 fully saturated rings. The fraction of sp³-hybridized carbons (Fsp3) is 0.240. The van der Waals surface area contributed by atoms with Gasteiger partial charge in [0.1, 0.15) is 5.75 Å². The molecule has 2 aromatic carbocycles. The first-order valence-electron chi connectivity index (χ1n) is 10.6. The third kappa shape index (κ3) is 6.36.